The van der Waals surface area contributed by atoms with Crippen LogP contribution < -0.4 is 5.32 Å². The third-order valence-corrected chi connectivity index (χ3v) is 3.40. The van der Waals surface area contributed by atoms with E-state index in [0.29, 0.717) is 6.04 Å². The maximum Gasteiger partial charge on any atom is 0.0197 e. The van der Waals surface area contributed by atoms with E-state index in [2.05, 4.69) is 43.1 Å². The van der Waals surface area contributed by atoms with E-state index >= 15 is 0 Å². The van der Waals surface area contributed by atoms with E-state index < -0.39 is 0 Å². The fraction of sp³-hybridized carbons (Fsp3) is 1.00. The van der Waals surface area contributed by atoms with Gasteiger partial charge in [0.1, 0.15) is 0 Å². The molecule has 0 saturated carbocycles. The van der Waals surface area contributed by atoms with Crippen molar-refractivity contribution in [3.8, 4) is 0 Å². The van der Waals surface area contributed by atoms with Gasteiger partial charge in [-0.2, -0.15) is 0 Å². The maximum absolute atomic E-state index is 3.69. The zero-order chi connectivity index (χ0) is 12.7. The van der Waals surface area contributed by atoms with Gasteiger partial charge in [0.2, 0.25) is 0 Å². The largest absolute Gasteiger partial charge is 0.313 e. The summed E-state index contributed by atoms with van der Waals surface area (Å²) >= 11 is 0. The van der Waals surface area contributed by atoms with Crippen molar-refractivity contribution >= 4 is 0 Å². The van der Waals surface area contributed by atoms with Crippen LogP contribution in [0.2, 0.25) is 0 Å². The molecule has 0 aromatic rings. The summed E-state index contributed by atoms with van der Waals surface area (Å²) in [7, 11) is 4.32. The lowest BCUT2D eigenvalue weighted by Gasteiger charge is -2.25. The standard InChI is InChI=1S/C14H31N3/c1-13(2)11-14-12-17(9-5-7-15-14)10-6-8-16(3)4/h13-15H,5-12H2,1-4H3. The third-order valence-electron chi connectivity index (χ3n) is 3.40. The summed E-state index contributed by atoms with van der Waals surface area (Å²) < 4.78 is 0. The normalized spacial score (nSPS) is 23.3. The van der Waals surface area contributed by atoms with E-state index in [1.54, 1.807) is 0 Å². The molecule has 3 heteroatoms. The average Bonchev–Trinajstić information content (AvgIpc) is 2.42. The van der Waals surface area contributed by atoms with E-state index in [9.17, 15) is 0 Å². The highest BCUT2D eigenvalue weighted by atomic mass is 15.2. The smallest absolute Gasteiger partial charge is 0.0197 e. The molecule has 0 aromatic carbocycles. The highest BCUT2D eigenvalue weighted by Gasteiger charge is 2.17. The molecule has 1 aliphatic heterocycles. The Hall–Kier alpha value is -0.120. The van der Waals surface area contributed by atoms with E-state index in [4.69, 9.17) is 0 Å². The Morgan fingerprint density at radius 3 is 2.76 bits per heavy atom. The Labute approximate surface area is 108 Å². The van der Waals surface area contributed by atoms with Crippen LogP contribution in [0.1, 0.15) is 33.1 Å². The van der Waals surface area contributed by atoms with Gasteiger partial charge < -0.3 is 15.1 Å². The summed E-state index contributed by atoms with van der Waals surface area (Å²) in [6, 6.07) is 0.705. The van der Waals surface area contributed by atoms with Crippen molar-refractivity contribution in [2.75, 3.05) is 46.8 Å². The van der Waals surface area contributed by atoms with Gasteiger partial charge in [0.25, 0.3) is 0 Å². The Bertz CT molecular complexity index is 192. The molecule has 1 unspecified atom stereocenters. The summed E-state index contributed by atoms with van der Waals surface area (Å²) in [4.78, 5) is 4.93. The topological polar surface area (TPSA) is 18.5 Å². The van der Waals surface area contributed by atoms with Crippen LogP contribution >= 0.6 is 0 Å². The minimum Gasteiger partial charge on any atom is -0.313 e. The second-order valence-electron chi connectivity index (χ2n) is 6.09. The monoisotopic (exact) mass is 241 g/mol. The van der Waals surface area contributed by atoms with Crippen LogP contribution in [0.5, 0.6) is 0 Å². The molecule has 0 amide bonds. The first-order chi connectivity index (χ1) is 8.08. The Morgan fingerprint density at radius 2 is 2.12 bits per heavy atom. The molecule has 3 nitrogen and oxygen atoms in total. The second kappa shape index (κ2) is 8.06. The van der Waals surface area contributed by atoms with Gasteiger partial charge in [0, 0.05) is 12.6 Å². The molecule has 1 rings (SSSR count). The number of hydrogen-bond donors (Lipinski definition) is 1. The summed E-state index contributed by atoms with van der Waals surface area (Å²) in [5.41, 5.74) is 0. The van der Waals surface area contributed by atoms with Crippen LogP contribution in [0.3, 0.4) is 0 Å². The van der Waals surface area contributed by atoms with Gasteiger partial charge in [-0.25, -0.2) is 0 Å². The minimum absolute atomic E-state index is 0.705. The molecular weight excluding hydrogens is 210 g/mol. The zero-order valence-electron chi connectivity index (χ0n) is 12.2. The number of nitrogens with one attached hydrogen (secondary N) is 1. The first-order valence-corrected chi connectivity index (χ1v) is 7.18. The van der Waals surface area contributed by atoms with Crippen LogP contribution in [0.25, 0.3) is 0 Å². The lowest BCUT2D eigenvalue weighted by Crippen LogP contribution is -2.39. The van der Waals surface area contributed by atoms with E-state index in [1.165, 1.54) is 52.0 Å². The van der Waals surface area contributed by atoms with Gasteiger partial charge in [-0.1, -0.05) is 13.8 Å². The average molecular weight is 241 g/mol. The molecule has 0 bridgehead atoms. The predicted molar refractivity (Wildman–Crippen MR) is 75.5 cm³/mol. The molecule has 1 fully saturated rings. The van der Waals surface area contributed by atoms with Crippen molar-refractivity contribution in [2.45, 2.75) is 39.2 Å². The highest BCUT2D eigenvalue weighted by molar-refractivity contribution is 4.77. The Balaban J connectivity index is 2.27. The van der Waals surface area contributed by atoms with E-state index in [1.807, 2.05) is 0 Å². The minimum atomic E-state index is 0.705. The fourth-order valence-electron chi connectivity index (χ4n) is 2.62. The van der Waals surface area contributed by atoms with Crippen LogP contribution in [-0.2, 0) is 0 Å². The predicted octanol–water partition coefficient (Wildman–Crippen LogP) is 1.65. The van der Waals surface area contributed by atoms with Crippen molar-refractivity contribution < 1.29 is 0 Å². The van der Waals surface area contributed by atoms with E-state index in [0.717, 1.165) is 5.92 Å². The van der Waals surface area contributed by atoms with Crippen LogP contribution in [0.15, 0.2) is 0 Å². The van der Waals surface area contributed by atoms with Crippen molar-refractivity contribution in [3.05, 3.63) is 0 Å². The van der Waals surface area contributed by atoms with E-state index in [-0.39, 0.29) is 0 Å². The van der Waals surface area contributed by atoms with Crippen LogP contribution in [0.4, 0.5) is 0 Å². The fourth-order valence-corrected chi connectivity index (χ4v) is 2.62. The van der Waals surface area contributed by atoms with Crippen molar-refractivity contribution in [1.82, 2.24) is 15.1 Å². The van der Waals surface area contributed by atoms with Gasteiger partial charge in [-0.05, 0) is 65.5 Å². The molecule has 0 radical (unpaired) electrons. The number of rotatable bonds is 6. The van der Waals surface area contributed by atoms with Gasteiger partial charge in [0.15, 0.2) is 0 Å². The lowest BCUT2D eigenvalue weighted by molar-refractivity contribution is 0.241. The molecular formula is C14H31N3. The first-order valence-electron chi connectivity index (χ1n) is 7.18. The lowest BCUT2D eigenvalue weighted by atomic mass is 10.0. The first kappa shape index (κ1) is 14.9. The molecule has 102 valence electrons. The summed E-state index contributed by atoms with van der Waals surface area (Å²) in [5, 5.41) is 3.69. The second-order valence-corrected chi connectivity index (χ2v) is 6.09. The molecule has 1 saturated heterocycles. The van der Waals surface area contributed by atoms with Gasteiger partial charge in [0.05, 0.1) is 0 Å². The third kappa shape index (κ3) is 7.02. The molecule has 0 spiro atoms. The van der Waals surface area contributed by atoms with Crippen LogP contribution in [0, 0.1) is 5.92 Å². The summed E-state index contributed by atoms with van der Waals surface area (Å²) in [6.07, 6.45) is 3.90. The van der Waals surface area contributed by atoms with Crippen molar-refractivity contribution in [1.29, 1.82) is 0 Å². The zero-order valence-corrected chi connectivity index (χ0v) is 12.2. The summed E-state index contributed by atoms with van der Waals surface area (Å²) in [6.45, 7) is 10.8. The maximum atomic E-state index is 3.69. The summed E-state index contributed by atoms with van der Waals surface area (Å²) in [5.74, 6) is 0.800. The van der Waals surface area contributed by atoms with Crippen molar-refractivity contribution in [3.63, 3.8) is 0 Å². The Kier molecular flexibility index (Phi) is 7.09. The molecule has 0 aliphatic carbocycles. The van der Waals surface area contributed by atoms with Crippen molar-refractivity contribution in [2.24, 2.45) is 5.92 Å². The van der Waals surface area contributed by atoms with Gasteiger partial charge in [-0.3, -0.25) is 0 Å². The van der Waals surface area contributed by atoms with Crippen LogP contribution in [-0.4, -0.2) is 62.7 Å². The molecule has 1 atom stereocenters. The number of nitrogens with zero attached hydrogens (tertiary/aromatic N) is 2. The highest BCUT2D eigenvalue weighted by Crippen LogP contribution is 2.10. The van der Waals surface area contributed by atoms with Gasteiger partial charge in [-0.15, -0.1) is 0 Å². The number of hydrogen-bond acceptors (Lipinski definition) is 3. The van der Waals surface area contributed by atoms with Gasteiger partial charge >= 0.3 is 0 Å². The molecule has 1 N–H and O–H groups in total. The SMILES string of the molecule is CC(C)CC1CN(CCCN(C)C)CCCN1. The molecule has 17 heavy (non-hydrogen) atoms. The molecule has 1 aliphatic rings. The quantitative estimate of drug-likeness (QED) is 0.763. The Morgan fingerprint density at radius 1 is 1.35 bits per heavy atom. The molecule has 1 heterocycles. The molecule has 0 aromatic heterocycles.